The van der Waals surface area contributed by atoms with E-state index in [1.165, 1.54) is 11.1 Å². The lowest BCUT2D eigenvalue weighted by Gasteiger charge is -2.32. The summed E-state index contributed by atoms with van der Waals surface area (Å²) in [6, 6.07) is 12.3. The van der Waals surface area contributed by atoms with Crippen LogP contribution in [0.5, 0.6) is 0 Å². The quantitative estimate of drug-likeness (QED) is 0.514. The molecule has 1 saturated heterocycles. The molecule has 2 aliphatic rings. The Kier molecular flexibility index (Phi) is 8.43. The normalized spacial score (nSPS) is 17.3. The minimum absolute atomic E-state index is 0.110. The number of hydrogen-bond donors (Lipinski definition) is 3. The number of aliphatic hydroxyl groups excluding tert-OH is 1. The van der Waals surface area contributed by atoms with E-state index >= 15 is 0 Å². The first kappa shape index (κ1) is 25.9. The van der Waals surface area contributed by atoms with Gasteiger partial charge in [0, 0.05) is 78.1 Å². The van der Waals surface area contributed by atoms with Gasteiger partial charge in [0.25, 0.3) is 5.91 Å². The Morgan fingerprint density at radius 2 is 1.86 bits per heavy atom. The van der Waals surface area contributed by atoms with Gasteiger partial charge in [0.15, 0.2) is 0 Å². The minimum Gasteiger partial charge on any atom is -0.390 e. The maximum atomic E-state index is 13.0. The summed E-state index contributed by atoms with van der Waals surface area (Å²) in [5, 5.41) is 17.0. The number of benzene rings is 1. The van der Waals surface area contributed by atoms with Gasteiger partial charge in [-0.1, -0.05) is 24.3 Å². The zero-order valence-electron chi connectivity index (χ0n) is 21.5. The van der Waals surface area contributed by atoms with Crippen molar-refractivity contribution in [3.63, 3.8) is 0 Å². The van der Waals surface area contributed by atoms with Crippen molar-refractivity contribution in [1.82, 2.24) is 20.1 Å². The standard InChI is InChI=1S/C27H38N6O3/c1-19(34)33-12-9-22(10-13-33)29-23-14-25(30-26(15-23)31(2)3)27(36)28-16-24(35)18-32-11-8-20-6-4-5-7-21(20)17-32/h4-7,14-15,22,24,35H,8-13,16-18H2,1-3H3,(H,28,36)(H,29,30). The van der Waals surface area contributed by atoms with Gasteiger partial charge < -0.3 is 25.5 Å². The molecule has 3 N–H and O–H groups in total. The van der Waals surface area contributed by atoms with Crippen molar-refractivity contribution in [2.75, 3.05) is 57.0 Å². The number of rotatable bonds is 8. The summed E-state index contributed by atoms with van der Waals surface area (Å²) < 4.78 is 0. The van der Waals surface area contributed by atoms with Crippen LogP contribution >= 0.6 is 0 Å². The Morgan fingerprint density at radius 1 is 1.14 bits per heavy atom. The second-order valence-corrected chi connectivity index (χ2v) is 10.0. The number of aromatic nitrogens is 1. The highest BCUT2D eigenvalue weighted by Gasteiger charge is 2.22. The predicted octanol–water partition coefficient (Wildman–Crippen LogP) is 1.72. The van der Waals surface area contributed by atoms with Gasteiger partial charge in [-0.15, -0.1) is 0 Å². The lowest BCUT2D eigenvalue weighted by Crippen LogP contribution is -2.42. The Balaban J connectivity index is 1.32. The first-order chi connectivity index (χ1) is 17.3. The van der Waals surface area contributed by atoms with Gasteiger partial charge in [0.05, 0.1) is 6.10 Å². The van der Waals surface area contributed by atoms with Gasteiger partial charge in [-0.25, -0.2) is 4.98 Å². The number of piperidine rings is 1. The molecule has 194 valence electrons. The first-order valence-electron chi connectivity index (χ1n) is 12.8. The number of nitrogens with zero attached hydrogens (tertiary/aromatic N) is 4. The van der Waals surface area contributed by atoms with Crippen LogP contribution in [0.3, 0.4) is 0 Å². The summed E-state index contributed by atoms with van der Waals surface area (Å²) in [7, 11) is 3.78. The molecule has 0 spiro atoms. The molecule has 1 atom stereocenters. The largest absolute Gasteiger partial charge is 0.390 e. The van der Waals surface area contributed by atoms with E-state index < -0.39 is 6.10 Å². The summed E-state index contributed by atoms with van der Waals surface area (Å²) in [5.74, 6) is 0.480. The average Bonchev–Trinajstić information content (AvgIpc) is 2.87. The fourth-order valence-electron chi connectivity index (χ4n) is 4.89. The van der Waals surface area contributed by atoms with Crippen LogP contribution < -0.4 is 15.5 Å². The van der Waals surface area contributed by atoms with Gasteiger partial charge in [-0.2, -0.15) is 0 Å². The third-order valence-electron chi connectivity index (χ3n) is 6.99. The zero-order valence-corrected chi connectivity index (χ0v) is 21.5. The van der Waals surface area contributed by atoms with Gasteiger partial charge in [0.1, 0.15) is 11.5 Å². The van der Waals surface area contributed by atoms with E-state index in [0.29, 0.717) is 18.1 Å². The fraction of sp³-hybridized carbons (Fsp3) is 0.519. The maximum Gasteiger partial charge on any atom is 0.270 e. The third kappa shape index (κ3) is 6.73. The molecule has 0 radical (unpaired) electrons. The molecule has 1 aromatic carbocycles. The number of likely N-dealkylation sites (tertiary alicyclic amines) is 1. The molecule has 4 rings (SSSR count). The summed E-state index contributed by atoms with van der Waals surface area (Å²) in [6.07, 6.45) is 2.02. The number of nitrogens with one attached hydrogen (secondary N) is 2. The smallest absolute Gasteiger partial charge is 0.270 e. The summed E-state index contributed by atoms with van der Waals surface area (Å²) >= 11 is 0. The SMILES string of the molecule is CC(=O)N1CCC(Nc2cc(C(=O)NCC(O)CN3CCc4ccccc4C3)nc(N(C)C)c2)CC1. The number of carbonyl (C=O) groups excluding carboxylic acids is 2. The van der Waals surface area contributed by atoms with Crippen molar-refractivity contribution in [2.24, 2.45) is 0 Å². The van der Waals surface area contributed by atoms with E-state index in [9.17, 15) is 14.7 Å². The number of carbonyl (C=O) groups is 2. The molecule has 2 aromatic rings. The number of anilines is 2. The van der Waals surface area contributed by atoms with Crippen LogP contribution in [0.15, 0.2) is 36.4 Å². The average molecular weight is 495 g/mol. The molecular formula is C27H38N6O3. The predicted molar refractivity (Wildman–Crippen MR) is 141 cm³/mol. The van der Waals surface area contributed by atoms with Crippen molar-refractivity contribution in [2.45, 2.75) is 44.9 Å². The van der Waals surface area contributed by atoms with Crippen LogP contribution in [-0.4, -0.2) is 90.7 Å². The molecule has 1 fully saturated rings. The summed E-state index contributed by atoms with van der Waals surface area (Å²) in [6.45, 7) is 5.44. The van der Waals surface area contributed by atoms with Crippen molar-refractivity contribution in [1.29, 1.82) is 0 Å². The number of aliphatic hydroxyl groups is 1. The van der Waals surface area contributed by atoms with E-state index in [2.05, 4.69) is 38.7 Å². The third-order valence-corrected chi connectivity index (χ3v) is 6.99. The van der Waals surface area contributed by atoms with Crippen LogP contribution in [0.1, 0.15) is 41.4 Å². The summed E-state index contributed by atoms with van der Waals surface area (Å²) in [4.78, 5) is 35.0. The van der Waals surface area contributed by atoms with Crippen LogP contribution in [0, 0.1) is 0 Å². The van der Waals surface area contributed by atoms with E-state index in [1.807, 2.05) is 36.0 Å². The number of fused-ring (bicyclic) bond motifs is 1. The van der Waals surface area contributed by atoms with Gasteiger partial charge in [-0.05, 0) is 36.5 Å². The molecule has 0 saturated carbocycles. The second kappa shape index (κ2) is 11.7. The van der Waals surface area contributed by atoms with E-state index in [0.717, 1.165) is 51.1 Å². The highest BCUT2D eigenvalue weighted by Crippen LogP contribution is 2.22. The monoisotopic (exact) mass is 494 g/mol. The number of amides is 2. The zero-order chi connectivity index (χ0) is 25.7. The van der Waals surface area contributed by atoms with Gasteiger partial charge >= 0.3 is 0 Å². The molecule has 1 unspecified atom stereocenters. The number of pyridine rings is 1. The molecule has 0 aliphatic carbocycles. The Bertz CT molecular complexity index is 1070. The lowest BCUT2D eigenvalue weighted by atomic mass is 10.00. The Hall–Kier alpha value is -3.17. The molecule has 2 aliphatic heterocycles. The molecule has 1 aromatic heterocycles. The number of β-amino-alcohol motifs (C(OH)–C–C–N with tert-alkyl or cyclic N) is 1. The van der Waals surface area contributed by atoms with Crippen molar-refractivity contribution in [3.05, 3.63) is 53.2 Å². The van der Waals surface area contributed by atoms with Crippen molar-refractivity contribution in [3.8, 4) is 0 Å². The maximum absolute atomic E-state index is 13.0. The highest BCUT2D eigenvalue weighted by atomic mass is 16.3. The van der Waals surface area contributed by atoms with Crippen LogP contribution in [-0.2, 0) is 17.8 Å². The molecule has 36 heavy (non-hydrogen) atoms. The van der Waals surface area contributed by atoms with E-state index in [-0.39, 0.29) is 24.4 Å². The molecular weight excluding hydrogens is 456 g/mol. The highest BCUT2D eigenvalue weighted by molar-refractivity contribution is 5.93. The first-order valence-corrected chi connectivity index (χ1v) is 12.8. The lowest BCUT2D eigenvalue weighted by molar-refractivity contribution is -0.129. The number of hydrogen-bond acceptors (Lipinski definition) is 7. The van der Waals surface area contributed by atoms with Crippen LogP contribution in [0.4, 0.5) is 11.5 Å². The molecule has 2 amide bonds. The molecule has 9 nitrogen and oxygen atoms in total. The van der Waals surface area contributed by atoms with E-state index in [1.54, 1.807) is 13.0 Å². The van der Waals surface area contributed by atoms with Gasteiger partial charge in [-0.3, -0.25) is 14.5 Å². The Labute approximate surface area is 213 Å². The topological polar surface area (TPSA) is 101 Å². The minimum atomic E-state index is -0.666. The van der Waals surface area contributed by atoms with Gasteiger partial charge in [0.2, 0.25) is 5.91 Å². The van der Waals surface area contributed by atoms with Crippen LogP contribution in [0.25, 0.3) is 0 Å². The second-order valence-electron chi connectivity index (χ2n) is 10.0. The molecule has 3 heterocycles. The van der Waals surface area contributed by atoms with E-state index in [4.69, 9.17) is 0 Å². The van der Waals surface area contributed by atoms with Crippen molar-refractivity contribution >= 4 is 23.3 Å². The fourth-order valence-corrected chi connectivity index (χ4v) is 4.89. The van der Waals surface area contributed by atoms with Crippen molar-refractivity contribution < 1.29 is 14.7 Å². The van der Waals surface area contributed by atoms with Crippen LogP contribution in [0.2, 0.25) is 0 Å². The Morgan fingerprint density at radius 3 is 2.56 bits per heavy atom. The molecule has 0 bridgehead atoms. The summed E-state index contributed by atoms with van der Waals surface area (Å²) in [5.41, 5.74) is 3.81. The molecule has 9 heteroatoms.